The van der Waals surface area contributed by atoms with Crippen molar-refractivity contribution < 1.29 is 23.5 Å². The quantitative estimate of drug-likeness (QED) is 0.582. The molecule has 2 aliphatic heterocycles. The molecule has 0 saturated carbocycles. The Labute approximate surface area is 212 Å². The number of amides is 4. The van der Waals surface area contributed by atoms with Crippen LogP contribution in [0, 0.1) is 5.82 Å². The largest absolute Gasteiger partial charge is 0.463 e. The van der Waals surface area contributed by atoms with E-state index in [1.54, 1.807) is 19.1 Å². The SMILES string of the molecule is CCOC(=O)C1=C(CN2CCN(C(=O)NC(C)(C)C)[C@H](C)C2)N(CC)C(=O)N[C@@H]1c1cccc(F)c1. The molecular weight excluding hydrogens is 465 g/mol. The smallest absolute Gasteiger partial charge is 0.338 e. The second-order valence-electron chi connectivity index (χ2n) is 10.2. The van der Waals surface area contributed by atoms with E-state index < -0.39 is 17.8 Å². The van der Waals surface area contributed by atoms with Gasteiger partial charge >= 0.3 is 18.0 Å². The number of halogens is 1. The topological polar surface area (TPSA) is 94.2 Å². The molecule has 9 nitrogen and oxygen atoms in total. The molecule has 0 spiro atoms. The molecule has 1 fully saturated rings. The van der Waals surface area contributed by atoms with Gasteiger partial charge in [0, 0.05) is 50.0 Å². The minimum atomic E-state index is -0.832. The lowest BCUT2D eigenvalue weighted by Gasteiger charge is -2.43. The molecule has 0 aliphatic carbocycles. The van der Waals surface area contributed by atoms with Gasteiger partial charge in [0.15, 0.2) is 0 Å². The number of piperazine rings is 1. The highest BCUT2D eigenvalue weighted by Gasteiger charge is 2.39. The number of hydrogen-bond acceptors (Lipinski definition) is 5. The summed E-state index contributed by atoms with van der Waals surface area (Å²) in [5, 5.41) is 5.86. The highest BCUT2D eigenvalue weighted by atomic mass is 19.1. The summed E-state index contributed by atoms with van der Waals surface area (Å²) in [6, 6.07) is 4.50. The maximum absolute atomic E-state index is 14.1. The third-order valence-electron chi connectivity index (χ3n) is 6.26. The molecule has 1 saturated heterocycles. The fraction of sp³-hybridized carbons (Fsp3) is 0.577. The van der Waals surface area contributed by atoms with Crippen LogP contribution in [0.15, 0.2) is 35.5 Å². The van der Waals surface area contributed by atoms with E-state index in [-0.39, 0.29) is 30.2 Å². The van der Waals surface area contributed by atoms with Gasteiger partial charge in [-0.15, -0.1) is 0 Å². The Morgan fingerprint density at radius 2 is 1.94 bits per heavy atom. The molecule has 0 bridgehead atoms. The summed E-state index contributed by atoms with van der Waals surface area (Å²) in [7, 11) is 0. The summed E-state index contributed by atoms with van der Waals surface area (Å²) in [5.74, 6) is -1.00. The van der Waals surface area contributed by atoms with Crippen molar-refractivity contribution in [2.24, 2.45) is 0 Å². The highest BCUT2D eigenvalue weighted by Crippen LogP contribution is 2.32. The number of benzene rings is 1. The van der Waals surface area contributed by atoms with E-state index in [0.29, 0.717) is 49.6 Å². The number of urea groups is 2. The fourth-order valence-electron chi connectivity index (χ4n) is 4.68. The third-order valence-corrected chi connectivity index (χ3v) is 6.26. The van der Waals surface area contributed by atoms with Crippen molar-refractivity contribution in [3.8, 4) is 0 Å². The molecule has 2 atom stereocenters. The molecule has 1 aromatic carbocycles. The number of carbonyl (C=O) groups excluding carboxylic acids is 3. The molecule has 10 heteroatoms. The van der Waals surface area contributed by atoms with Crippen molar-refractivity contribution in [3.05, 3.63) is 46.9 Å². The van der Waals surface area contributed by atoms with Crippen LogP contribution >= 0.6 is 0 Å². The zero-order chi connectivity index (χ0) is 26.6. The summed E-state index contributed by atoms with van der Waals surface area (Å²) < 4.78 is 19.4. The minimum Gasteiger partial charge on any atom is -0.463 e. The van der Waals surface area contributed by atoms with Crippen molar-refractivity contribution in [1.29, 1.82) is 0 Å². The number of esters is 1. The lowest BCUT2D eigenvalue weighted by Crippen LogP contribution is -2.59. The predicted molar refractivity (Wildman–Crippen MR) is 135 cm³/mol. The molecule has 198 valence electrons. The fourth-order valence-corrected chi connectivity index (χ4v) is 4.68. The van der Waals surface area contributed by atoms with Crippen molar-refractivity contribution in [2.75, 3.05) is 39.3 Å². The minimum absolute atomic E-state index is 0.0701. The molecule has 0 aromatic heterocycles. The van der Waals surface area contributed by atoms with Crippen LogP contribution in [0.5, 0.6) is 0 Å². The monoisotopic (exact) mass is 503 g/mol. The van der Waals surface area contributed by atoms with Crippen LogP contribution < -0.4 is 10.6 Å². The maximum Gasteiger partial charge on any atom is 0.338 e. The standard InChI is InChI=1S/C26H38FN5O4/c1-7-31-20(16-30-12-13-32(17(3)15-30)25(35)29-26(4,5)6)21(23(33)36-8-2)22(28-24(31)34)18-10-9-11-19(27)14-18/h9-11,14,17,22H,7-8,12-13,15-16H2,1-6H3,(H,28,34)(H,29,35)/t17-,22-/m1/s1. The second kappa shape index (κ2) is 11.3. The molecule has 1 aromatic rings. The van der Waals surface area contributed by atoms with Crippen molar-refractivity contribution in [3.63, 3.8) is 0 Å². The van der Waals surface area contributed by atoms with Gasteiger partial charge in [-0.1, -0.05) is 12.1 Å². The average Bonchev–Trinajstić information content (AvgIpc) is 2.78. The first-order chi connectivity index (χ1) is 16.9. The Morgan fingerprint density at radius 3 is 2.53 bits per heavy atom. The zero-order valence-electron chi connectivity index (χ0n) is 22.1. The number of carbonyl (C=O) groups is 3. The lowest BCUT2D eigenvalue weighted by atomic mass is 9.94. The highest BCUT2D eigenvalue weighted by molar-refractivity contribution is 5.95. The first-order valence-corrected chi connectivity index (χ1v) is 12.5. The molecule has 2 aliphatic rings. The van der Waals surface area contributed by atoms with Gasteiger partial charge in [-0.3, -0.25) is 9.80 Å². The molecule has 2 heterocycles. The van der Waals surface area contributed by atoms with Crippen LogP contribution in [0.4, 0.5) is 14.0 Å². The second-order valence-corrected chi connectivity index (χ2v) is 10.2. The Morgan fingerprint density at radius 1 is 1.22 bits per heavy atom. The van der Waals surface area contributed by atoms with Gasteiger partial charge < -0.3 is 20.3 Å². The first kappa shape index (κ1) is 27.4. The normalized spacial score (nSPS) is 21.4. The van der Waals surface area contributed by atoms with Crippen molar-refractivity contribution in [2.45, 2.75) is 59.2 Å². The molecule has 0 radical (unpaired) electrons. The van der Waals surface area contributed by atoms with Gasteiger partial charge in [-0.25, -0.2) is 18.8 Å². The first-order valence-electron chi connectivity index (χ1n) is 12.5. The molecule has 0 unspecified atom stereocenters. The number of nitrogens with one attached hydrogen (secondary N) is 2. The number of likely N-dealkylation sites (N-methyl/N-ethyl adjacent to an activating group) is 1. The van der Waals surface area contributed by atoms with Gasteiger partial charge in [0.05, 0.1) is 18.2 Å². The van der Waals surface area contributed by atoms with Crippen molar-refractivity contribution in [1.82, 2.24) is 25.3 Å². The van der Waals surface area contributed by atoms with Gasteiger partial charge in [0.2, 0.25) is 0 Å². The Balaban J connectivity index is 1.93. The Hall–Kier alpha value is -3.14. The van der Waals surface area contributed by atoms with Gasteiger partial charge in [0.25, 0.3) is 0 Å². The summed E-state index contributed by atoms with van der Waals surface area (Å²) in [4.78, 5) is 44.5. The van der Waals surface area contributed by atoms with Gasteiger partial charge in [0.1, 0.15) is 5.82 Å². The zero-order valence-corrected chi connectivity index (χ0v) is 22.1. The lowest BCUT2D eigenvalue weighted by molar-refractivity contribution is -0.139. The van der Waals surface area contributed by atoms with E-state index in [2.05, 4.69) is 15.5 Å². The Kier molecular flexibility index (Phi) is 8.60. The molecule has 4 amide bonds. The van der Waals surface area contributed by atoms with E-state index in [0.717, 1.165) is 0 Å². The Bertz CT molecular complexity index is 1020. The van der Waals surface area contributed by atoms with E-state index in [9.17, 15) is 18.8 Å². The van der Waals surface area contributed by atoms with E-state index in [1.807, 2.05) is 39.5 Å². The van der Waals surface area contributed by atoms with Gasteiger partial charge in [-0.05, 0) is 59.2 Å². The number of nitrogens with zero attached hydrogens (tertiary/aromatic N) is 3. The molecule has 2 N–H and O–H groups in total. The summed E-state index contributed by atoms with van der Waals surface area (Å²) >= 11 is 0. The van der Waals surface area contributed by atoms with Crippen LogP contribution in [0.25, 0.3) is 0 Å². The molecule has 36 heavy (non-hydrogen) atoms. The molecule has 3 rings (SSSR count). The van der Waals surface area contributed by atoms with Crippen molar-refractivity contribution >= 4 is 18.0 Å². The molecular formula is C26H38FN5O4. The maximum atomic E-state index is 14.1. The van der Waals surface area contributed by atoms with Crippen LogP contribution in [0.1, 0.15) is 53.1 Å². The van der Waals surface area contributed by atoms with E-state index in [1.165, 1.54) is 17.0 Å². The van der Waals surface area contributed by atoms with Gasteiger partial charge in [-0.2, -0.15) is 0 Å². The third kappa shape index (κ3) is 6.34. The number of hydrogen-bond donors (Lipinski definition) is 2. The van der Waals surface area contributed by atoms with E-state index >= 15 is 0 Å². The summed E-state index contributed by atoms with van der Waals surface area (Å²) in [5.41, 5.74) is 0.964. The average molecular weight is 504 g/mol. The van der Waals surface area contributed by atoms with E-state index in [4.69, 9.17) is 4.74 Å². The van der Waals surface area contributed by atoms with Crippen LogP contribution in [0.3, 0.4) is 0 Å². The van der Waals surface area contributed by atoms with Crippen LogP contribution in [0.2, 0.25) is 0 Å². The summed E-state index contributed by atoms with van der Waals surface area (Å²) in [6.45, 7) is 13.9. The van der Waals surface area contributed by atoms with Crippen LogP contribution in [-0.4, -0.2) is 83.6 Å². The van der Waals surface area contributed by atoms with Crippen LogP contribution in [-0.2, 0) is 9.53 Å². The predicted octanol–water partition coefficient (Wildman–Crippen LogP) is 3.24. The summed E-state index contributed by atoms with van der Waals surface area (Å²) in [6.07, 6.45) is 0. The number of rotatable bonds is 6. The number of ether oxygens (including phenoxy) is 1.